The van der Waals surface area contributed by atoms with Crippen molar-refractivity contribution in [1.82, 2.24) is 9.97 Å². The standard InChI is InChI=1S/C10H5Cl2FN6S/c11-3-1-4(12)7-8(19-20-18-7)6(3)16-9-5(13)2-15-10(14)17-9/h1-2H,(H3,14,15,16,17). The van der Waals surface area contributed by atoms with Crippen LogP contribution in [0.3, 0.4) is 0 Å². The summed E-state index contributed by atoms with van der Waals surface area (Å²) < 4.78 is 21.8. The maximum Gasteiger partial charge on any atom is 0.222 e. The van der Waals surface area contributed by atoms with Crippen molar-refractivity contribution >= 4 is 63.4 Å². The van der Waals surface area contributed by atoms with Crippen molar-refractivity contribution in [2.75, 3.05) is 11.1 Å². The van der Waals surface area contributed by atoms with Crippen LogP contribution >= 0.6 is 23.2 Å². The number of halogens is 3. The Morgan fingerprint density at radius 3 is 2.75 bits per heavy atom. The van der Waals surface area contributed by atoms with Gasteiger partial charge in [-0.15, -0.1) is 0 Å². The van der Waals surface area contributed by atoms with E-state index in [-0.39, 0.29) is 16.8 Å². The third kappa shape index (κ3) is 2.21. The van der Waals surface area contributed by atoms with E-state index in [1.807, 2.05) is 0 Å². The topological polar surface area (TPSA) is 88.5 Å². The molecule has 2 heterocycles. The summed E-state index contributed by atoms with van der Waals surface area (Å²) in [5.41, 5.74) is 6.70. The lowest BCUT2D eigenvalue weighted by Crippen LogP contribution is -2.03. The number of nitrogens with one attached hydrogen (secondary N) is 1. The number of nitrogens with two attached hydrogens (primary N) is 1. The summed E-state index contributed by atoms with van der Waals surface area (Å²) >= 11 is 13.1. The first-order chi connectivity index (χ1) is 9.56. The van der Waals surface area contributed by atoms with E-state index in [1.165, 1.54) is 6.07 Å². The molecule has 0 radical (unpaired) electrons. The van der Waals surface area contributed by atoms with Crippen LogP contribution in [0.1, 0.15) is 0 Å². The molecule has 0 amide bonds. The van der Waals surface area contributed by atoms with E-state index >= 15 is 0 Å². The molecule has 1 aliphatic rings. The average Bonchev–Trinajstić information content (AvgIpc) is 2.88. The number of benzene rings is 1. The van der Waals surface area contributed by atoms with E-state index in [9.17, 15) is 4.39 Å². The number of rotatable bonds is 2. The van der Waals surface area contributed by atoms with Crippen molar-refractivity contribution in [3.8, 4) is 0 Å². The first-order valence-electron chi connectivity index (χ1n) is 5.21. The fraction of sp³-hybridized carbons (Fsp3) is 0. The maximum absolute atomic E-state index is 13.6. The molecule has 0 saturated carbocycles. The molecule has 0 fully saturated rings. The molecule has 1 aliphatic heterocycles. The minimum absolute atomic E-state index is 0.0633. The van der Waals surface area contributed by atoms with Crippen molar-refractivity contribution in [3.63, 3.8) is 0 Å². The van der Waals surface area contributed by atoms with Gasteiger partial charge in [0.15, 0.2) is 11.6 Å². The van der Waals surface area contributed by atoms with Crippen LogP contribution in [0.5, 0.6) is 0 Å². The van der Waals surface area contributed by atoms with Gasteiger partial charge in [-0.3, -0.25) is 0 Å². The van der Waals surface area contributed by atoms with Gasteiger partial charge in [0, 0.05) is 0 Å². The van der Waals surface area contributed by atoms with Gasteiger partial charge in [0.1, 0.15) is 11.4 Å². The molecule has 1 aromatic heterocycles. The van der Waals surface area contributed by atoms with Crippen molar-refractivity contribution < 1.29 is 4.39 Å². The lowest BCUT2D eigenvalue weighted by atomic mass is 10.2. The van der Waals surface area contributed by atoms with Gasteiger partial charge < -0.3 is 11.1 Å². The molecule has 0 bridgehead atoms. The minimum atomic E-state index is -0.665. The lowest BCUT2D eigenvalue weighted by Gasteiger charge is -2.11. The normalized spacial score (nSPS) is 12.2. The predicted molar refractivity (Wildman–Crippen MR) is 77.7 cm³/mol. The lowest BCUT2D eigenvalue weighted by molar-refractivity contribution is 0.620. The number of hydrogen-bond acceptors (Lipinski definition) is 6. The van der Waals surface area contributed by atoms with Crippen LogP contribution in [0.2, 0.25) is 10.0 Å². The van der Waals surface area contributed by atoms with Gasteiger partial charge in [-0.1, -0.05) is 23.2 Å². The molecule has 0 unspecified atom stereocenters. The molecule has 2 aromatic rings. The van der Waals surface area contributed by atoms with E-state index in [2.05, 4.69) is 24.0 Å². The number of nitrogen functional groups attached to an aromatic ring is 1. The smallest absolute Gasteiger partial charge is 0.222 e. The van der Waals surface area contributed by atoms with Gasteiger partial charge in [0.2, 0.25) is 5.95 Å². The van der Waals surface area contributed by atoms with Crippen LogP contribution in [-0.4, -0.2) is 9.97 Å². The number of hydrogen-bond donors (Lipinski definition) is 2. The summed E-state index contributed by atoms with van der Waals surface area (Å²) in [6.45, 7) is 0. The van der Waals surface area contributed by atoms with Crippen LogP contribution in [-0.2, 0) is 11.4 Å². The quantitative estimate of drug-likeness (QED) is 0.743. The van der Waals surface area contributed by atoms with E-state index in [0.29, 0.717) is 22.1 Å². The van der Waals surface area contributed by atoms with Crippen LogP contribution in [0.15, 0.2) is 21.0 Å². The summed E-state index contributed by atoms with van der Waals surface area (Å²) in [6, 6.07) is 1.50. The van der Waals surface area contributed by atoms with Gasteiger partial charge in [-0.05, 0) is 6.07 Å². The fourth-order valence-electron chi connectivity index (χ4n) is 1.58. The van der Waals surface area contributed by atoms with Crippen LogP contribution in [0, 0.1) is 5.82 Å². The number of fused-ring (bicyclic) bond motifs is 1. The molecule has 102 valence electrons. The Labute approximate surface area is 126 Å². The molecular weight excluding hydrogens is 326 g/mol. The van der Waals surface area contributed by atoms with Crippen molar-refractivity contribution in [2.45, 2.75) is 0 Å². The molecule has 0 spiro atoms. The second-order valence-electron chi connectivity index (χ2n) is 3.73. The Bertz CT molecular complexity index is 790. The van der Waals surface area contributed by atoms with Gasteiger partial charge in [0.05, 0.1) is 33.3 Å². The van der Waals surface area contributed by atoms with E-state index < -0.39 is 5.82 Å². The number of aromatic nitrogens is 2. The molecule has 3 rings (SSSR count). The van der Waals surface area contributed by atoms with Crippen LogP contribution < -0.4 is 11.1 Å². The molecular formula is C10H5Cl2FN6S. The highest BCUT2D eigenvalue weighted by atomic mass is 35.5. The summed E-state index contributed by atoms with van der Waals surface area (Å²) in [5.74, 6) is -0.829. The zero-order chi connectivity index (χ0) is 14.3. The number of nitrogens with zero attached hydrogens (tertiary/aromatic N) is 4. The third-order valence-electron chi connectivity index (χ3n) is 2.45. The maximum atomic E-state index is 13.6. The SMILES string of the molecule is Nc1ncc(F)c(Nc2c(Cl)cc(Cl)c3c2N=S=N3)n1. The second-order valence-corrected chi connectivity index (χ2v) is 5.07. The fourth-order valence-corrected chi connectivity index (χ4v) is 2.74. The van der Waals surface area contributed by atoms with Gasteiger partial charge in [0.25, 0.3) is 0 Å². The minimum Gasteiger partial charge on any atom is -0.368 e. The second kappa shape index (κ2) is 4.97. The monoisotopic (exact) mass is 330 g/mol. The van der Waals surface area contributed by atoms with E-state index in [4.69, 9.17) is 28.9 Å². The van der Waals surface area contributed by atoms with Gasteiger partial charge in [-0.2, -0.15) is 13.7 Å². The molecule has 0 atom stereocenters. The summed E-state index contributed by atoms with van der Waals surface area (Å²) in [4.78, 5) is 7.31. The highest BCUT2D eigenvalue weighted by molar-refractivity contribution is 7.58. The molecule has 10 heteroatoms. The van der Waals surface area contributed by atoms with Gasteiger partial charge in [-0.25, -0.2) is 9.37 Å². The Kier molecular flexibility index (Phi) is 3.28. The van der Waals surface area contributed by atoms with Crippen LogP contribution in [0.25, 0.3) is 0 Å². The molecule has 1 aromatic carbocycles. The molecule has 3 N–H and O–H groups in total. The highest BCUT2D eigenvalue weighted by Crippen LogP contribution is 2.48. The predicted octanol–water partition coefficient (Wildman–Crippen LogP) is 3.97. The molecule has 6 nitrogen and oxygen atoms in total. The summed E-state index contributed by atoms with van der Waals surface area (Å²) in [7, 11) is 0. The van der Waals surface area contributed by atoms with E-state index in [0.717, 1.165) is 17.6 Å². The van der Waals surface area contributed by atoms with Crippen molar-refractivity contribution in [3.05, 3.63) is 28.1 Å². The Balaban J connectivity index is 2.11. The van der Waals surface area contributed by atoms with E-state index in [1.54, 1.807) is 0 Å². The molecule has 20 heavy (non-hydrogen) atoms. The van der Waals surface area contributed by atoms with Gasteiger partial charge >= 0.3 is 0 Å². The average molecular weight is 331 g/mol. The van der Waals surface area contributed by atoms with Crippen LogP contribution in [0.4, 0.5) is 33.2 Å². The van der Waals surface area contributed by atoms with Crippen molar-refractivity contribution in [2.24, 2.45) is 8.73 Å². The Morgan fingerprint density at radius 2 is 1.95 bits per heavy atom. The first kappa shape index (κ1) is 13.2. The third-order valence-corrected chi connectivity index (χ3v) is 3.56. The molecule has 0 aliphatic carbocycles. The number of anilines is 3. The first-order valence-corrected chi connectivity index (χ1v) is 6.70. The zero-order valence-electron chi connectivity index (χ0n) is 9.56. The zero-order valence-corrected chi connectivity index (χ0v) is 11.9. The highest BCUT2D eigenvalue weighted by Gasteiger charge is 2.20. The largest absolute Gasteiger partial charge is 0.368 e. The van der Waals surface area contributed by atoms with Crippen molar-refractivity contribution in [1.29, 1.82) is 0 Å². The Hall–Kier alpha value is -1.77. The summed E-state index contributed by atoms with van der Waals surface area (Å²) in [5, 5.41) is 3.38. The Morgan fingerprint density at radius 1 is 1.20 bits per heavy atom. The molecule has 0 saturated heterocycles. The summed E-state index contributed by atoms with van der Waals surface area (Å²) in [6.07, 6.45) is 0.963.